The van der Waals surface area contributed by atoms with E-state index in [1.807, 2.05) is 39.0 Å². The Morgan fingerprint density at radius 3 is 2.39 bits per heavy atom. The van der Waals surface area contributed by atoms with Crippen LogP contribution in [0.25, 0.3) is 0 Å². The lowest BCUT2D eigenvalue weighted by atomic mass is 9.90. The van der Waals surface area contributed by atoms with Gasteiger partial charge in [0.2, 0.25) is 0 Å². The fourth-order valence-corrected chi connectivity index (χ4v) is 5.21. The van der Waals surface area contributed by atoms with Gasteiger partial charge in [0.25, 0.3) is 0 Å². The number of anilines is 1. The van der Waals surface area contributed by atoms with Crippen LogP contribution < -0.4 is 14.4 Å². The minimum atomic E-state index is -0.740. The van der Waals surface area contributed by atoms with Gasteiger partial charge in [-0.15, -0.1) is 0 Å². The first-order valence-electron chi connectivity index (χ1n) is 13.8. The molecule has 2 aromatic carbocycles. The maximum Gasteiger partial charge on any atom is 0.340 e. The minimum absolute atomic E-state index is 0.291. The summed E-state index contributed by atoms with van der Waals surface area (Å²) < 4.78 is 22.5. The number of rotatable bonds is 11. The van der Waals surface area contributed by atoms with Crippen molar-refractivity contribution in [3.05, 3.63) is 53.6 Å². The van der Waals surface area contributed by atoms with Crippen molar-refractivity contribution in [2.45, 2.75) is 70.7 Å². The van der Waals surface area contributed by atoms with Crippen molar-refractivity contribution >= 4 is 11.7 Å². The summed E-state index contributed by atoms with van der Waals surface area (Å²) in [5.41, 5.74) is 2.08. The van der Waals surface area contributed by atoms with E-state index in [0.29, 0.717) is 36.3 Å². The molecule has 1 aliphatic carbocycles. The highest BCUT2D eigenvalue weighted by molar-refractivity contribution is 5.96. The number of hydrogen-bond donors (Lipinski definition) is 1. The summed E-state index contributed by atoms with van der Waals surface area (Å²) in [6, 6.07) is 13.9. The molecule has 1 saturated carbocycles. The van der Waals surface area contributed by atoms with Crippen LogP contribution in [0.3, 0.4) is 0 Å². The van der Waals surface area contributed by atoms with Gasteiger partial charge in [0.15, 0.2) is 6.29 Å². The van der Waals surface area contributed by atoms with Gasteiger partial charge in [-0.25, -0.2) is 4.79 Å². The van der Waals surface area contributed by atoms with E-state index in [1.54, 1.807) is 26.4 Å². The average Bonchev–Trinajstić information content (AvgIpc) is 3.75. The molecule has 0 spiro atoms. The molecule has 208 valence electrons. The molecular formula is C31H43NO6. The van der Waals surface area contributed by atoms with E-state index in [0.717, 1.165) is 43.1 Å². The predicted octanol–water partition coefficient (Wildman–Crippen LogP) is 5.79. The molecule has 2 aromatic rings. The number of benzene rings is 2. The molecule has 2 fully saturated rings. The number of hydrogen-bond acceptors (Lipinski definition) is 7. The molecule has 1 heterocycles. The number of aliphatic hydroxyl groups excluding tert-OH is 1. The number of carbonyl (C=O) groups excluding carboxylic acids is 1. The van der Waals surface area contributed by atoms with Crippen molar-refractivity contribution in [2.75, 3.05) is 38.8 Å². The Bertz CT molecular complexity index is 1070. The molecule has 0 amide bonds. The van der Waals surface area contributed by atoms with Gasteiger partial charge in [-0.2, -0.15) is 0 Å². The number of nitrogens with zero attached hydrogens (tertiary/aromatic N) is 1. The molecule has 0 unspecified atom stereocenters. The molecule has 1 N–H and O–H groups in total. The van der Waals surface area contributed by atoms with Crippen LogP contribution >= 0.6 is 0 Å². The molecule has 0 bridgehead atoms. The lowest BCUT2D eigenvalue weighted by Gasteiger charge is -2.35. The van der Waals surface area contributed by atoms with E-state index >= 15 is 0 Å². The van der Waals surface area contributed by atoms with E-state index in [4.69, 9.17) is 18.9 Å². The van der Waals surface area contributed by atoms with Crippen molar-refractivity contribution in [3.63, 3.8) is 0 Å². The second-order valence-corrected chi connectivity index (χ2v) is 11.6. The third kappa shape index (κ3) is 7.64. The number of carbonyl (C=O) groups is 1. The number of aliphatic hydroxyl groups is 1. The van der Waals surface area contributed by atoms with Crippen LogP contribution in [0.5, 0.6) is 11.5 Å². The summed E-state index contributed by atoms with van der Waals surface area (Å²) in [5, 5.41) is 10.0. The fourth-order valence-electron chi connectivity index (χ4n) is 5.21. The zero-order chi connectivity index (χ0) is 27.3. The monoisotopic (exact) mass is 525 g/mol. The Morgan fingerprint density at radius 2 is 1.76 bits per heavy atom. The predicted molar refractivity (Wildman–Crippen MR) is 148 cm³/mol. The quantitative estimate of drug-likeness (QED) is 0.294. The summed E-state index contributed by atoms with van der Waals surface area (Å²) >= 11 is 0. The van der Waals surface area contributed by atoms with Crippen molar-refractivity contribution < 1.29 is 28.8 Å². The van der Waals surface area contributed by atoms with Gasteiger partial charge in [0, 0.05) is 32.7 Å². The summed E-state index contributed by atoms with van der Waals surface area (Å²) in [7, 11) is 3.18. The van der Waals surface area contributed by atoms with Gasteiger partial charge in [0.05, 0.1) is 25.0 Å². The van der Waals surface area contributed by atoms with Crippen LogP contribution in [0.15, 0.2) is 42.5 Å². The molecule has 2 atom stereocenters. The molecule has 38 heavy (non-hydrogen) atoms. The van der Waals surface area contributed by atoms with E-state index in [-0.39, 0.29) is 5.97 Å². The van der Waals surface area contributed by atoms with E-state index < -0.39 is 11.9 Å². The molecule has 2 aliphatic rings. The van der Waals surface area contributed by atoms with Gasteiger partial charge in [0.1, 0.15) is 17.1 Å². The standard InChI is InChI=1S/C31H43NO6/c1-31(2,3)38-30(34)26-12-11-24(35-4)18-28(26)32-15-13-21(14-16-32)20-37-25-8-6-7-23(17-25)27(22-9-10-22)19-29(33)36-5/h6-8,11-12,17-18,21-22,27,29,33H,9-10,13-16,19-20H2,1-5H3/t27-,29-/m0/s1. The van der Waals surface area contributed by atoms with Gasteiger partial charge in [-0.3, -0.25) is 0 Å². The Balaban J connectivity index is 1.36. The number of ether oxygens (including phenoxy) is 4. The lowest BCUT2D eigenvalue weighted by molar-refractivity contribution is -0.0831. The highest BCUT2D eigenvalue weighted by Crippen LogP contribution is 2.45. The van der Waals surface area contributed by atoms with Gasteiger partial charge in [-0.1, -0.05) is 12.1 Å². The second kappa shape index (κ2) is 12.4. The van der Waals surface area contributed by atoms with Crippen LogP contribution in [0.2, 0.25) is 0 Å². The summed E-state index contributed by atoms with van der Waals surface area (Å²) in [6.45, 7) is 7.95. The largest absolute Gasteiger partial charge is 0.497 e. The van der Waals surface area contributed by atoms with Crippen LogP contribution in [0.1, 0.15) is 74.7 Å². The first kappa shape index (κ1) is 28.2. The molecule has 0 radical (unpaired) electrons. The van der Waals surface area contributed by atoms with Crippen LogP contribution in [0.4, 0.5) is 5.69 Å². The topological polar surface area (TPSA) is 77.5 Å². The number of methoxy groups -OCH3 is 2. The van der Waals surface area contributed by atoms with E-state index in [9.17, 15) is 9.90 Å². The highest BCUT2D eigenvalue weighted by atomic mass is 16.6. The Labute approximate surface area is 227 Å². The zero-order valence-corrected chi connectivity index (χ0v) is 23.4. The third-order valence-corrected chi connectivity index (χ3v) is 7.47. The normalized spacial score (nSPS) is 18.1. The van der Waals surface area contributed by atoms with E-state index in [2.05, 4.69) is 17.0 Å². The molecule has 0 aromatic heterocycles. The summed E-state index contributed by atoms with van der Waals surface area (Å²) in [5.74, 6) is 2.62. The molecular weight excluding hydrogens is 482 g/mol. The first-order valence-corrected chi connectivity index (χ1v) is 13.8. The number of esters is 1. The Kier molecular flexibility index (Phi) is 9.21. The highest BCUT2D eigenvalue weighted by Gasteiger charge is 2.34. The SMILES string of the molecule is COc1ccc(C(=O)OC(C)(C)C)c(N2CCC(COc3cccc([C@@H](C[C@@H](O)OC)C4CC4)c3)CC2)c1. The average molecular weight is 526 g/mol. The molecule has 1 aliphatic heterocycles. The molecule has 7 heteroatoms. The zero-order valence-electron chi connectivity index (χ0n) is 23.4. The maximum atomic E-state index is 12.9. The van der Waals surface area contributed by atoms with Crippen molar-refractivity contribution in [1.29, 1.82) is 0 Å². The van der Waals surface area contributed by atoms with Gasteiger partial charge < -0.3 is 29.0 Å². The number of piperidine rings is 1. The molecule has 7 nitrogen and oxygen atoms in total. The molecule has 4 rings (SSSR count). The molecule has 1 saturated heterocycles. The smallest absolute Gasteiger partial charge is 0.340 e. The minimum Gasteiger partial charge on any atom is -0.497 e. The third-order valence-electron chi connectivity index (χ3n) is 7.47. The summed E-state index contributed by atoms with van der Waals surface area (Å²) in [4.78, 5) is 15.2. The van der Waals surface area contributed by atoms with Crippen molar-refractivity contribution in [1.82, 2.24) is 0 Å². The van der Waals surface area contributed by atoms with Crippen molar-refractivity contribution in [3.8, 4) is 11.5 Å². The second-order valence-electron chi connectivity index (χ2n) is 11.6. The van der Waals surface area contributed by atoms with Crippen LogP contribution in [0, 0.1) is 11.8 Å². The van der Waals surface area contributed by atoms with E-state index in [1.165, 1.54) is 18.4 Å². The maximum absolute atomic E-state index is 12.9. The van der Waals surface area contributed by atoms with Gasteiger partial charge in [-0.05, 0) is 94.0 Å². The Hall–Kier alpha value is -2.77. The Morgan fingerprint density at radius 1 is 1.03 bits per heavy atom. The van der Waals surface area contributed by atoms with Crippen LogP contribution in [-0.4, -0.2) is 56.9 Å². The van der Waals surface area contributed by atoms with Crippen LogP contribution in [-0.2, 0) is 9.47 Å². The lowest BCUT2D eigenvalue weighted by Crippen LogP contribution is -2.36. The van der Waals surface area contributed by atoms with Gasteiger partial charge >= 0.3 is 5.97 Å². The fraction of sp³-hybridized carbons (Fsp3) is 0.581. The summed E-state index contributed by atoms with van der Waals surface area (Å²) in [6.07, 6.45) is 4.21. The first-order chi connectivity index (χ1) is 18.2. The van der Waals surface area contributed by atoms with Crippen molar-refractivity contribution in [2.24, 2.45) is 11.8 Å².